The van der Waals surface area contributed by atoms with Crippen molar-refractivity contribution in [2.24, 2.45) is 0 Å². The van der Waals surface area contributed by atoms with E-state index in [2.05, 4.69) is 4.90 Å². The molecule has 1 aliphatic heterocycles. The van der Waals surface area contributed by atoms with Crippen molar-refractivity contribution < 1.29 is 8.42 Å². The molecule has 5 heteroatoms. The highest BCUT2D eigenvalue weighted by Crippen LogP contribution is 2.15. The summed E-state index contributed by atoms with van der Waals surface area (Å²) in [7, 11) is 1.00. The molecule has 1 saturated heterocycles. The maximum atomic E-state index is 11.1. The van der Waals surface area contributed by atoms with Crippen molar-refractivity contribution in [2.45, 2.75) is 12.5 Å². The molecule has 0 aromatic heterocycles. The molecule has 1 heterocycles. The standard InChI is InChI=1S/C7H16N2O2S/c1-8(2)7-4-5-9(6-7)12(3,10)11/h7H,4-6H2,1-3H3. The Kier molecular flexibility index (Phi) is 2.75. The number of likely N-dealkylation sites (N-methyl/N-ethyl adjacent to an activating group) is 1. The van der Waals surface area contributed by atoms with Gasteiger partial charge in [0.1, 0.15) is 0 Å². The van der Waals surface area contributed by atoms with Gasteiger partial charge in [-0.05, 0) is 20.5 Å². The summed E-state index contributed by atoms with van der Waals surface area (Å²) in [5, 5.41) is 0. The van der Waals surface area contributed by atoms with E-state index < -0.39 is 10.0 Å². The Morgan fingerprint density at radius 1 is 1.42 bits per heavy atom. The Morgan fingerprint density at radius 3 is 2.25 bits per heavy atom. The van der Waals surface area contributed by atoms with Crippen LogP contribution in [0.1, 0.15) is 6.42 Å². The van der Waals surface area contributed by atoms with Crippen molar-refractivity contribution in [1.29, 1.82) is 0 Å². The molecule has 1 aliphatic rings. The highest BCUT2D eigenvalue weighted by Gasteiger charge is 2.29. The van der Waals surface area contributed by atoms with Gasteiger partial charge in [0.05, 0.1) is 6.26 Å². The molecule has 0 aromatic rings. The van der Waals surface area contributed by atoms with Gasteiger partial charge in [0.2, 0.25) is 10.0 Å². The molecule has 0 amide bonds. The predicted molar refractivity (Wildman–Crippen MR) is 48.5 cm³/mol. The van der Waals surface area contributed by atoms with E-state index >= 15 is 0 Å². The van der Waals surface area contributed by atoms with E-state index in [1.807, 2.05) is 14.1 Å². The summed E-state index contributed by atoms with van der Waals surface area (Å²) in [6.45, 7) is 1.31. The lowest BCUT2D eigenvalue weighted by molar-refractivity contribution is 0.302. The van der Waals surface area contributed by atoms with Crippen LogP contribution in [0.25, 0.3) is 0 Å². The number of hydrogen-bond acceptors (Lipinski definition) is 3. The Bertz CT molecular complexity index is 248. The summed E-state index contributed by atoms with van der Waals surface area (Å²) in [5.74, 6) is 0. The van der Waals surface area contributed by atoms with Crippen LogP contribution in [0.2, 0.25) is 0 Å². The van der Waals surface area contributed by atoms with Crippen LogP contribution in [0.3, 0.4) is 0 Å². The summed E-state index contributed by atoms with van der Waals surface area (Å²) in [4.78, 5) is 2.07. The van der Waals surface area contributed by atoms with Crippen LogP contribution < -0.4 is 0 Å². The van der Waals surface area contributed by atoms with Gasteiger partial charge in [-0.15, -0.1) is 0 Å². The largest absolute Gasteiger partial charge is 0.305 e. The molecule has 0 saturated carbocycles. The Balaban J connectivity index is 2.58. The quantitative estimate of drug-likeness (QED) is 0.597. The lowest BCUT2D eigenvalue weighted by Gasteiger charge is -2.18. The van der Waals surface area contributed by atoms with Gasteiger partial charge < -0.3 is 4.90 Å². The Hall–Kier alpha value is -0.130. The summed E-state index contributed by atoms with van der Waals surface area (Å²) in [6.07, 6.45) is 2.21. The maximum Gasteiger partial charge on any atom is 0.211 e. The second kappa shape index (κ2) is 3.32. The first kappa shape index (κ1) is 9.95. The normalized spacial score (nSPS) is 26.8. The molecular weight excluding hydrogens is 176 g/mol. The molecule has 4 nitrogen and oxygen atoms in total. The van der Waals surface area contributed by atoms with Crippen molar-refractivity contribution in [2.75, 3.05) is 33.4 Å². The fraction of sp³-hybridized carbons (Fsp3) is 1.00. The molecule has 1 rings (SSSR count). The first-order valence-corrected chi connectivity index (χ1v) is 5.87. The molecule has 0 aromatic carbocycles. The molecule has 0 aliphatic carbocycles. The third kappa shape index (κ3) is 2.18. The van der Waals surface area contributed by atoms with Gasteiger partial charge >= 0.3 is 0 Å². The molecule has 1 unspecified atom stereocenters. The second-order valence-electron chi connectivity index (χ2n) is 3.53. The smallest absolute Gasteiger partial charge is 0.211 e. The minimum atomic E-state index is -2.96. The van der Waals surface area contributed by atoms with Crippen LogP contribution in [0.15, 0.2) is 0 Å². The summed E-state index contributed by atoms with van der Waals surface area (Å²) in [6, 6.07) is 0.389. The highest BCUT2D eigenvalue weighted by atomic mass is 32.2. The minimum absolute atomic E-state index is 0.389. The number of rotatable bonds is 2. The predicted octanol–water partition coefficient (Wildman–Crippen LogP) is -0.418. The fourth-order valence-electron chi connectivity index (χ4n) is 1.43. The molecular formula is C7H16N2O2S. The molecule has 0 N–H and O–H groups in total. The second-order valence-corrected chi connectivity index (χ2v) is 5.51. The van der Waals surface area contributed by atoms with Gasteiger partial charge in [0.15, 0.2) is 0 Å². The molecule has 0 radical (unpaired) electrons. The lowest BCUT2D eigenvalue weighted by atomic mass is 10.2. The van der Waals surface area contributed by atoms with E-state index in [9.17, 15) is 8.42 Å². The van der Waals surface area contributed by atoms with Gasteiger partial charge in [-0.1, -0.05) is 0 Å². The molecule has 1 atom stereocenters. The maximum absolute atomic E-state index is 11.1. The van der Waals surface area contributed by atoms with Gasteiger partial charge in [-0.3, -0.25) is 0 Å². The van der Waals surface area contributed by atoms with E-state index in [1.165, 1.54) is 10.6 Å². The SMILES string of the molecule is CN(C)C1CCN(S(C)(=O)=O)C1. The molecule has 72 valence electrons. The first-order chi connectivity index (χ1) is 5.41. The van der Waals surface area contributed by atoms with E-state index in [1.54, 1.807) is 0 Å². The summed E-state index contributed by atoms with van der Waals surface area (Å²) in [5.41, 5.74) is 0. The van der Waals surface area contributed by atoms with Gasteiger partial charge in [0.25, 0.3) is 0 Å². The van der Waals surface area contributed by atoms with Crippen molar-refractivity contribution in [1.82, 2.24) is 9.21 Å². The van der Waals surface area contributed by atoms with Crippen LogP contribution in [-0.2, 0) is 10.0 Å². The van der Waals surface area contributed by atoms with Crippen LogP contribution >= 0.6 is 0 Å². The monoisotopic (exact) mass is 192 g/mol. The summed E-state index contributed by atoms with van der Waals surface area (Å²) >= 11 is 0. The summed E-state index contributed by atoms with van der Waals surface area (Å²) < 4.78 is 23.8. The van der Waals surface area contributed by atoms with Crippen molar-refractivity contribution in [3.63, 3.8) is 0 Å². The van der Waals surface area contributed by atoms with E-state index in [0.29, 0.717) is 19.1 Å². The average Bonchev–Trinajstić information content (AvgIpc) is 2.30. The minimum Gasteiger partial charge on any atom is -0.305 e. The third-order valence-electron chi connectivity index (χ3n) is 2.33. The van der Waals surface area contributed by atoms with Crippen molar-refractivity contribution in [3.8, 4) is 0 Å². The van der Waals surface area contributed by atoms with Gasteiger partial charge in [0, 0.05) is 19.1 Å². The zero-order valence-electron chi connectivity index (χ0n) is 7.82. The van der Waals surface area contributed by atoms with E-state index in [4.69, 9.17) is 0 Å². The molecule has 12 heavy (non-hydrogen) atoms. The number of nitrogens with zero attached hydrogens (tertiary/aromatic N) is 2. The fourth-order valence-corrected chi connectivity index (χ4v) is 2.31. The molecule has 0 bridgehead atoms. The third-order valence-corrected chi connectivity index (χ3v) is 3.60. The number of sulfonamides is 1. The van der Waals surface area contributed by atoms with Crippen LogP contribution in [0.5, 0.6) is 0 Å². The highest BCUT2D eigenvalue weighted by molar-refractivity contribution is 7.88. The van der Waals surface area contributed by atoms with Crippen LogP contribution in [0, 0.1) is 0 Å². The topological polar surface area (TPSA) is 40.6 Å². The van der Waals surface area contributed by atoms with E-state index in [0.717, 1.165) is 6.42 Å². The van der Waals surface area contributed by atoms with E-state index in [-0.39, 0.29) is 0 Å². The van der Waals surface area contributed by atoms with Crippen LogP contribution in [0.4, 0.5) is 0 Å². The van der Waals surface area contributed by atoms with Crippen molar-refractivity contribution >= 4 is 10.0 Å². The zero-order valence-corrected chi connectivity index (χ0v) is 8.63. The van der Waals surface area contributed by atoms with Crippen molar-refractivity contribution in [3.05, 3.63) is 0 Å². The average molecular weight is 192 g/mol. The van der Waals surface area contributed by atoms with Gasteiger partial charge in [-0.25, -0.2) is 12.7 Å². The lowest BCUT2D eigenvalue weighted by Crippen LogP contribution is -2.33. The van der Waals surface area contributed by atoms with Gasteiger partial charge in [-0.2, -0.15) is 0 Å². The molecule has 0 spiro atoms. The Labute approximate surface area is 74.2 Å². The zero-order chi connectivity index (χ0) is 9.35. The Morgan fingerprint density at radius 2 is 2.00 bits per heavy atom. The number of hydrogen-bond donors (Lipinski definition) is 0. The van der Waals surface area contributed by atoms with Crippen LogP contribution in [-0.4, -0.2) is 57.1 Å². The first-order valence-electron chi connectivity index (χ1n) is 4.03. The molecule has 1 fully saturated rings.